The third-order valence-corrected chi connectivity index (χ3v) is 3.34. The minimum atomic E-state index is -0.745. The number of nitrogens with zero attached hydrogens (tertiary/aromatic N) is 2. The molecule has 0 aliphatic carbocycles. The zero-order chi connectivity index (χ0) is 17.1. The lowest BCUT2D eigenvalue weighted by Gasteiger charge is -2.24. The molecular weight excluding hydrogens is 304 g/mol. The van der Waals surface area contributed by atoms with Crippen LogP contribution in [-0.2, 0) is 4.79 Å². The smallest absolute Gasteiger partial charge is 0.259 e. The fraction of sp³-hybridized carbons (Fsp3) is 0.286. The zero-order valence-electron chi connectivity index (χ0n) is 12.8. The van der Waals surface area contributed by atoms with Crippen LogP contribution in [0.1, 0.15) is 25.5 Å². The summed E-state index contributed by atoms with van der Waals surface area (Å²) >= 11 is 0. The summed E-state index contributed by atoms with van der Waals surface area (Å²) in [5, 5.41) is 22.2. The normalized spacial score (nSPS) is 17.2. The predicted molar refractivity (Wildman–Crippen MR) is 81.5 cm³/mol. The van der Waals surface area contributed by atoms with Gasteiger partial charge in [0.05, 0.1) is 7.11 Å². The van der Waals surface area contributed by atoms with Crippen LogP contribution in [0.15, 0.2) is 34.5 Å². The fourth-order valence-corrected chi connectivity index (χ4v) is 2.38. The van der Waals surface area contributed by atoms with Crippen molar-refractivity contribution < 1.29 is 19.7 Å². The first-order valence-electron chi connectivity index (χ1n) is 6.68. The summed E-state index contributed by atoms with van der Waals surface area (Å²) in [5.41, 5.74) is 3.36. The highest BCUT2D eigenvalue weighted by molar-refractivity contribution is 5.98. The highest BCUT2D eigenvalue weighted by Crippen LogP contribution is 2.35. The Kier molecular flexibility index (Phi) is 4.49. The van der Waals surface area contributed by atoms with Crippen molar-refractivity contribution in [2.75, 3.05) is 7.11 Å². The molecule has 9 nitrogen and oxygen atoms in total. The lowest BCUT2D eigenvalue weighted by molar-refractivity contribution is -0.525. The average Bonchev–Trinajstić information content (AvgIpc) is 2.45. The molecule has 1 aromatic rings. The zero-order valence-corrected chi connectivity index (χ0v) is 12.8. The number of hydrogen-bond donors (Lipinski definition) is 3. The molecule has 122 valence electrons. The molecule has 0 amide bonds. The van der Waals surface area contributed by atoms with Crippen LogP contribution in [0.5, 0.6) is 11.5 Å². The minimum Gasteiger partial charge on any atom is -0.504 e. The van der Waals surface area contributed by atoms with Crippen molar-refractivity contribution in [1.29, 1.82) is 0 Å². The van der Waals surface area contributed by atoms with Gasteiger partial charge in [0.1, 0.15) is 6.04 Å². The number of carbonyl (C=O) groups excluding carboxylic acids is 1. The van der Waals surface area contributed by atoms with Crippen LogP contribution in [0.4, 0.5) is 0 Å². The third kappa shape index (κ3) is 3.39. The van der Waals surface area contributed by atoms with E-state index in [1.807, 2.05) is 5.43 Å². The number of benzene rings is 1. The highest BCUT2D eigenvalue weighted by atomic mass is 16.7. The number of Topliss-reactive ketones (excluding diaryl/α,β-unsaturated/α-hetero) is 1. The van der Waals surface area contributed by atoms with Gasteiger partial charge in [0, 0.05) is 11.3 Å². The molecule has 0 saturated heterocycles. The first kappa shape index (κ1) is 16.3. The Hall–Kier alpha value is -3.10. The molecule has 0 bridgehead atoms. The molecule has 1 aromatic carbocycles. The number of allylic oxidation sites excluding steroid dienone is 1. The standard InChI is InChI=1S/C14H16N4O5/c1-7-12(8(2)19)13(16-14(15-7)17-18(21)22)9-4-5-10(20)11(6-9)23-3/h4-6,13,20H,1-3H3,(H2,15,16,17)/t13-/m1/s1. The summed E-state index contributed by atoms with van der Waals surface area (Å²) in [5.74, 6) is -0.117. The molecule has 1 atom stereocenters. The number of phenolic OH excluding ortho intramolecular Hbond substituents is 1. The quantitative estimate of drug-likeness (QED) is 0.559. The molecular formula is C14H16N4O5. The second-order valence-corrected chi connectivity index (χ2v) is 4.90. The maximum Gasteiger partial charge on any atom is 0.259 e. The summed E-state index contributed by atoms with van der Waals surface area (Å²) in [6.07, 6.45) is 0. The Labute approximate surface area is 131 Å². The van der Waals surface area contributed by atoms with Crippen molar-refractivity contribution in [3.8, 4) is 11.5 Å². The molecule has 2 rings (SSSR count). The molecule has 23 heavy (non-hydrogen) atoms. The Morgan fingerprint density at radius 2 is 2.22 bits per heavy atom. The number of nitrogens with one attached hydrogen (secondary N) is 2. The molecule has 9 heteroatoms. The van der Waals surface area contributed by atoms with Gasteiger partial charge < -0.3 is 15.2 Å². The molecule has 1 heterocycles. The fourth-order valence-electron chi connectivity index (χ4n) is 2.38. The predicted octanol–water partition coefficient (Wildman–Crippen LogP) is 1.05. The number of ketones is 1. The Bertz CT molecular complexity index is 726. The van der Waals surface area contributed by atoms with Crippen LogP contribution in [0.2, 0.25) is 0 Å². The highest BCUT2D eigenvalue weighted by Gasteiger charge is 2.28. The van der Waals surface area contributed by atoms with Crippen molar-refractivity contribution in [3.63, 3.8) is 0 Å². The summed E-state index contributed by atoms with van der Waals surface area (Å²) in [7, 11) is 1.40. The van der Waals surface area contributed by atoms with Crippen molar-refractivity contribution in [1.82, 2.24) is 10.7 Å². The van der Waals surface area contributed by atoms with Crippen LogP contribution >= 0.6 is 0 Å². The van der Waals surface area contributed by atoms with Gasteiger partial charge in [0.15, 0.2) is 22.3 Å². The van der Waals surface area contributed by atoms with Crippen LogP contribution in [0.25, 0.3) is 0 Å². The maximum atomic E-state index is 11.9. The lowest BCUT2D eigenvalue weighted by Crippen LogP contribution is -2.43. The van der Waals surface area contributed by atoms with Crippen molar-refractivity contribution in [3.05, 3.63) is 45.1 Å². The van der Waals surface area contributed by atoms with Crippen molar-refractivity contribution >= 4 is 11.7 Å². The van der Waals surface area contributed by atoms with Gasteiger partial charge in [-0.15, -0.1) is 0 Å². The molecule has 0 fully saturated rings. The van der Waals surface area contributed by atoms with Gasteiger partial charge in [-0.1, -0.05) is 11.5 Å². The lowest BCUT2D eigenvalue weighted by atomic mass is 9.93. The summed E-state index contributed by atoms with van der Waals surface area (Å²) in [6, 6.07) is 3.79. The number of aliphatic imine (C=N–C) groups is 1. The molecule has 3 N–H and O–H groups in total. The Balaban J connectivity index is 2.52. The van der Waals surface area contributed by atoms with Gasteiger partial charge in [0.2, 0.25) is 0 Å². The van der Waals surface area contributed by atoms with Crippen LogP contribution in [-0.4, -0.2) is 29.0 Å². The minimum absolute atomic E-state index is 0.0529. The van der Waals surface area contributed by atoms with E-state index in [2.05, 4.69) is 10.3 Å². The van der Waals surface area contributed by atoms with E-state index in [1.54, 1.807) is 13.0 Å². The number of phenols is 1. The molecule has 0 saturated carbocycles. The van der Waals surface area contributed by atoms with E-state index >= 15 is 0 Å². The largest absolute Gasteiger partial charge is 0.504 e. The number of carbonyl (C=O) groups is 1. The van der Waals surface area contributed by atoms with Crippen LogP contribution in [0, 0.1) is 10.1 Å². The van der Waals surface area contributed by atoms with E-state index in [9.17, 15) is 20.0 Å². The summed E-state index contributed by atoms with van der Waals surface area (Å²) in [6.45, 7) is 3.03. The summed E-state index contributed by atoms with van der Waals surface area (Å²) < 4.78 is 5.05. The number of hydrazine groups is 1. The first-order valence-corrected chi connectivity index (χ1v) is 6.68. The van der Waals surface area contributed by atoms with E-state index < -0.39 is 11.1 Å². The maximum absolute atomic E-state index is 11.9. The number of ether oxygens (including phenoxy) is 1. The summed E-state index contributed by atoms with van der Waals surface area (Å²) in [4.78, 5) is 26.7. The number of hydrogen-bond acceptors (Lipinski definition) is 7. The van der Waals surface area contributed by atoms with Gasteiger partial charge in [-0.05, 0) is 31.5 Å². The Morgan fingerprint density at radius 1 is 1.52 bits per heavy atom. The molecule has 0 spiro atoms. The van der Waals surface area contributed by atoms with Gasteiger partial charge in [-0.2, -0.15) is 0 Å². The van der Waals surface area contributed by atoms with Crippen LogP contribution in [0.3, 0.4) is 0 Å². The monoisotopic (exact) mass is 320 g/mol. The Morgan fingerprint density at radius 3 is 2.78 bits per heavy atom. The van der Waals surface area contributed by atoms with Crippen molar-refractivity contribution in [2.45, 2.75) is 19.9 Å². The van der Waals surface area contributed by atoms with Gasteiger partial charge in [0.25, 0.3) is 5.96 Å². The van der Waals surface area contributed by atoms with Gasteiger partial charge in [-0.25, -0.2) is 15.1 Å². The number of methoxy groups -OCH3 is 1. The van der Waals surface area contributed by atoms with Gasteiger partial charge >= 0.3 is 0 Å². The average molecular weight is 320 g/mol. The second kappa shape index (κ2) is 6.34. The van der Waals surface area contributed by atoms with E-state index in [0.29, 0.717) is 16.8 Å². The molecule has 0 aromatic heterocycles. The van der Waals surface area contributed by atoms with E-state index in [4.69, 9.17) is 4.74 Å². The first-order chi connectivity index (χ1) is 10.8. The van der Waals surface area contributed by atoms with E-state index in [0.717, 1.165) is 0 Å². The van der Waals surface area contributed by atoms with Crippen LogP contribution < -0.4 is 15.5 Å². The number of aromatic hydroxyl groups is 1. The molecule has 1 aliphatic rings. The number of nitro groups is 1. The van der Waals surface area contributed by atoms with Gasteiger partial charge in [-0.3, -0.25) is 4.79 Å². The SMILES string of the molecule is COc1cc([C@H]2N=C(N[N+](=O)[O-])NC(C)=C2C(C)=O)ccc1O. The van der Waals surface area contributed by atoms with E-state index in [1.165, 1.54) is 26.2 Å². The molecule has 0 radical (unpaired) electrons. The van der Waals surface area contributed by atoms with Crippen molar-refractivity contribution in [2.24, 2.45) is 4.99 Å². The topological polar surface area (TPSA) is 126 Å². The third-order valence-electron chi connectivity index (χ3n) is 3.34. The molecule has 0 unspecified atom stereocenters. The number of rotatable bonds is 4. The van der Waals surface area contributed by atoms with E-state index in [-0.39, 0.29) is 23.2 Å². The number of guanidine groups is 1. The second-order valence-electron chi connectivity index (χ2n) is 4.90. The molecule has 1 aliphatic heterocycles.